The van der Waals surface area contributed by atoms with Crippen LogP contribution in [-0.2, 0) is 0 Å². The molecule has 0 aromatic heterocycles. The van der Waals surface area contributed by atoms with Crippen LogP contribution in [0.15, 0.2) is 0 Å². The largest absolute Gasteiger partial charge is 0.438 e. The molecule has 0 spiro atoms. The van der Waals surface area contributed by atoms with Crippen LogP contribution in [0.4, 0.5) is 26.3 Å². The first kappa shape index (κ1) is 11.7. The number of alkyl halides is 6. The topological polar surface area (TPSA) is 0 Å². The van der Waals surface area contributed by atoms with Crippen molar-refractivity contribution in [2.75, 3.05) is 0 Å². The molecule has 0 fully saturated rings. The first-order valence-corrected chi connectivity index (χ1v) is 1.89. The van der Waals surface area contributed by atoms with E-state index in [0.29, 0.717) is 0 Å². The minimum absolute atomic E-state index is 2.12. The normalized spacial score (nSPS) is 10.7. The van der Waals surface area contributed by atoms with Gasteiger partial charge in [0.05, 0.1) is 0 Å². The minimum atomic E-state index is -4.31. The Hall–Kier alpha value is -0.0700. The molecule has 0 heterocycles. The van der Waals surface area contributed by atoms with Gasteiger partial charge in [-0.3, -0.25) is 0 Å². The van der Waals surface area contributed by atoms with E-state index in [0.717, 1.165) is 0 Å². The van der Waals surface area contributed by atoms with Gasteiger partial charge >= 0.3 is 12.2 Å². The van der Waals surface area contributed by atoms with Crippen LogP contribution in [0.2, 0.25) is 0 Å². The van der Waals surface area contributed by atoms with E-state index < -0.39 is 12.2 Å². The Morgan fingerprint density at radius 3 is 1.00 bits per heavy atom. The molecule has 0 aliphatic heterocycles. The molecule has 58 valence electrons. The van der Waals surface area contributed by atoms with Gasteiger partial charge in [0.25, 0.3) is 0 Å². The Bertz CT molecular complexity index is 47.8. The number of hydrogen-bond acceptors (Lipinski definition) is 1. The average molecular weight is 172 g/mol. The van der Waals surface area contributed by atoms with Crippen LogP contribution in [0.25, 0.3) is 0 Å². The van der Waals surface area contributed by atoms with Crippen molar-refractivity contribution in [1.82, 2.24) is 0 Å². The number of thiol groups is 1. The molecule has 0 unspecified atom stereocenters. The highest BCUT2D eigenvalue weighted by molar-refractivity contribution is 7.81. The molecule has 0 saturated heterocycles. The first-order valence-electron chi connectivity index (χ1n) is 1.45. The lowest BCUT2D eigenvalue weighted by atomic mass is 11.6. The van der Waals surface area contributed by atoms with Crippen LogP contribution >= 0.6 is 12.6 Å². The molecule has 7 heteroatoms. The Morgan fingerprint density at radius 2 is 1.00 bits per heavy atom. The summed E-state index contributed by atoms with van der Waals surface area (Å²) in [7, 11) is 0. The molecule has 0 aromatic carbocycles. The van der Waals surface area contributed by atoms with Crippen molar-refractivity contribution in [3.05, 3.63) is 0 Å². The van der Waals surface area contributed by atoms with Gasteiger partial charge in [-0.15, -0.1) is 0 Å². The van der Waals surface area contributed by atoms with Crippen LogP contribution in [0.3, 0.4) is 0 Å². The maximum absolute atomic E-state index is 10.2. The highest BCUT2D eigenvalue weighted by atomic mass is 32.1. The lowest BCUT2D eigenvalue weighted by Gasteiger charge is -1.87. The minimum Gasteiger partial charge on any atom is -0.174 e. The quantitative estimate of drug-likeness (QED) is 0.421. The summed E-state index contributed by atoms with van der Waals surface area (Å²) < 4.78 is 59.7. The first-order chi connectivity index (χ1) is 3.73. The zero-order valence-electron chi connectivity index (χ0n) is 3.79. The second kappa shape index (κ2) is 4.78. The molecule has 0 atom stereocenters. The summed E-state index contributed by atoms with van der Waals surface area (Å²) in [5.41, 5.74) is -4.31. The van der Waals surface area contributed by atoms with E-state index in [4.69, 9.17) is 0 Å². The fraction of sp³-hybridized carbons (Fsp3) is 1.00. The molecule has 0 aromatic rings. The summed E-state index contributed by atoms with van der Waals surface area (Å²) >= 11 is 2.12. The predicted octanol–water partition coefficient (Wildman–Crippen LogP) is 2.61. The van der Waals surface area contributed by atoms with Crippen molar-refractivity contribution >= 4 is 12.6 Å². The van der Waals surface area contributed by atoms with E-state index in [-0.39, 0.29) is 0 Å². The van der Waals surface area contributed by atoms with Gasteiger partial charge in [0.1, 0.15) is 0 Å². The molecular weight excluding hydrogens is 170 g/mol. The fourth-order valence-corrected chi connectivity index (χ4v) is 0. The van der Waals surface area contributed by atoms with E-state index in [2.05, 4.69) is 12.6 Å². The van der Waals surface area contributed by atoms with Gasteiger partial charge in [0.15, 0.2) is 0 Å². The third-order valence-electron chi connectivity index (χ3n) is 0. The van der Waals surface area contributed by atoms with Crippen LogP contribution < -0.4 is 0 Å². The predicted molar refractivity (Wildman–Crippen MR) is 22.2 cm³/mol. The monoisotopic (exact) mass is 172 g/mol. The lowest BCUT2D eigenvalue weighted by Crippen LogP contribution is -1.89. The third kappa shape index (κ3) is 56900. The van der Waals surface area contributed by atoms with Crippen LogP contribution in [-0.4, -0.2) is 12.2 Å². The second-order valence-electron chi connectivity index (χ2n) is 0.715. The molecule has 0 N–H and O–H groups in total. The Kier molecular flexibility index (Phi) is 6.20. The summed E-state index contributed by atoms with van der Waals surface area (Å²) in [6, 6.07) is 0. The number of hydrogen-bond donors (Lipinski definition) is 1. The van der Waals surface area contributed by atoms with Crippen molar-refractivity contribution < 1.29 is 26.3 Å². The summed E-state index contributed by atoms with van der Waals surface area (Å²) in [5.74, 6) is 0. The average Bonchev–Trinajstić information content (AvgIpc) is 1.19. The van der Waals surface area contributed by atoms with Gasteiger partial charge in [-0.2, -0.15) is 26.3 Å². The smallest absolute Gasteiger partial charge is 0.174 e. The lowest BCUT2D eigenvalue weighted by molar-refractivity contribution is -0.0304. The maximum atomic E-state index is 10.2. The molecule has 9 heavy (non-hydrogen) atoms. The Balaban J connectivity index is 0. The molecule has 0 amide bonds. The van der Waals surface area contributed by atoms with Crippen molar-refractivity contribution in [2.24, 2.45) is 0 Å². The summed E-state index contributed by atoms with van der Waals surface area (Å²) in [6.07, 6.45) is 0. The number of rotatable bonds is 0. The number of halogens is 6. The van der Waals surface area contributed by atoms with Gasteiger partial charge in [0.2, 0.25) is 0 Å². The fourth-order valence-electron chi connectivity index (χ4n) is 0. The van der Waals surface area contributed by atoms with Gasteiger partial charge in [-0.05, 0) is 0 Å². The van der Waals surface area contributed by atoms with Crippen molar-refractivity contribution in [3.8, 4) is 0 Å². The highest BCUT2D eigenvalue weighted by Crippen LogP contribution is 2.17. The van der Waals surface area contributed by atoms with Gasteiger partial charge < -0.3 is 0 Å². The van der Waals surface area contributed by atoms with E-state index >= 15 is 0 Å². The molecule has 0 aliphatic rings. The molecular formula is C2H2F6S. The molecule has 0 radical (unpaired) electrons. The van der Waals surface area contributed by atoms with E-state index in [9.17, 15) is 26.3 Å². The Morgan fingerprint density at radius 1 is 1.00 bits per heavy atom. The van der Waals surface area contributed by atoms with E-state index in [1.165, 1.54) is 0 Å². The zero-order valence-corrected chi connectivity index (χ0v) is 4.69. The van der Waals surface area contributed by atoms with Gasteiger partial charge in [0, 0.05) is 0 Å². The molecule has 0 rings (SSSR count). The summed E-state index contributed by atoms with van der Waals surface area (Å²) in [5, 5.41) is 0. The van der Waals surface area contributed by atoms with Gasteiger partial charge in [-0.25, -0.2) is 0 Å². The van der Waals surface area contributed by atoms with E-state index in [1.54, 1.807) is 0 Å². The zero-order chi connectivity index (χ0) is 8.08. The molecule has 0 bridgehead atoms. The third-order valence-corrected chi connectivity index (χ3v) is 0. The second-order valence-corrected chi connectivity index (χ2v) is 1.22. The summed E-state index contributed by atoms with van der Waals surface area (Å²) in [4.78, 5) is 0. The molecule has 0 nitrogen and oxygen atoms in total. The van der Waals surface area contributed by atoms with Crippen molar-refractivity contribution in [1.29, 1.82) is 0 Å². The maximum Gasteiger partial charge on any atom is 0.438 e. The Labute approximate surface area is 52.3 Å². The van der Waals surface area contributed by atoms with Crippen LogP contribution in [0.5, 0.6) is 0 Å². The SMILES string of the molecule is FC(F)(F)S.FC(F)F. The van der Waals surface area contributed by atoms with Crippen molar-refractivity contribution in [2.45, 2.75) is 12.2 Å². The van der Waals surface area contributed by atoms with Crippen LogP contribution in [0.1, 0.15) is 0 Å². The molecule has 0 saturated carbocycles. The molecule has 0 aliphatic carbocycles. The standard InChI is InChI=1S/CHF3S.CHF3/c2-1(3,4)5;2-1(3)4/h5H;1H. The van der Waals surface area contributed by atoms with Crippen molar-refractivity contribution in [3.63, 3.8) is 0 Å². The highest BCUT2D eigenvalue weighted by Gasteiger charge is 2.17. The van der Waals surface area contributed by atoms with E-state index in [1.807, 2.05) is 0 Å². The van der Waals surface area contributed by atoms with Gasteiger partial charge in [-0.1, -0.05) is 12.6 Å². The van der Waals surface area contributed by atoms with Crippen LogP contribution in [0, 0.1) is 0 Å². The summed E-state index contributed by atoms with van der Waals surface area (Å²) in [6.45, 7) is -3.67.